The predicted molar refractivity (Wildman–Crippen MR) is 82.6 cm³/mol. The molecule has 2 rings (SSSR count). The van der Waals surface area contributed by atoms with Crippen LogP contribution in [0.1, 0.15) is 28.4 Å². The van der Waals surface area contributed by atoms with E-state index < -0.39 is 6.10 Å². The highest BCUT2D eigenvalue weighted by Gasteiger charge is 2.15. The van der Waals surface area contributed by atoms with Gasteiger partial charge in [0.05, 0.1) is 13.2 Å². The van der Waals surface area contributed by atoms with Crippen LogP contribution in [0.15, 0.2) is 36.4 Å². The van der Waals surface area contributed by atoms with Crippen molar-refractivity contribution in [1.29, 1.82) is 0 Å². The molecule has 2 nitrogen and oxygen atoms in total. The number of benzene rings is 2. The van der Waals surface area contributed by atoms with E-state index >= 15 is 0 Å². The fourth-order valence-electron chi connectivity index (χ4n) is 2.25. The third-order valence-electron chi connectivity index (χ3n) is 3.37. The summed E-state index contributed by atoms with van der Waals surface area (Å²) in [5, 5.41) is 11.2. The lowest BCUT2D eigenvalue weighted by Gasteiger charge is -2.16. The van der Waals surface area contributed by atoms with Gasteiger partial charge >= 0.3 is 0 Å². The molecule has 0 saturated carbocycles. The highest BCUT2D eigenvalue weighted by atomic mass is 35.5. The van der Waals surface area contributed by atoms with Crippen LogP contribution in [0.5, 0.6) is 5.75 Å². The smallest absolute Gasteiger partial charge is 0.124 e. The molecule has 0 heterocycles. The number of ether oxygens (including phenoxy) is 1. The van der Waals surface area contributed by atoms with Gasteiger partial charge in [-0.2, -0.15) is 0 Å². The number of hydrogen-bond donors (Lipinski definition) is 1. The molecular formula is C17H19ClO2. The van der Waals surface area contributed by atoms with Crippen molar-refractivity contribution in [1.82, 2.24) is 0 Å². The van der Waals surface area contributed by atoms with Crippen molar-refractivity contribution in [2.24, 2.45) is 0 Å². The van der Waals surface area contributed by atoms with Gasteiger partial charge in [-0.1, -0.05) is 35.4 Å². The molecule has 1 unspecified atom stereocenters. The SMILES string of the molecule is COc1ccc(C)cc1C(O)Cc1ccc(C)cc1Cl. The van der Waals surface area contributed by atoms with E-state index in [1.54, 1.807) is 7.11 Å². The maximum Gasteiger partial charge on any atom is 0.124 e. The fourth-order valence-corrected chi connectivity index (χ4v) is 2.56. The van der Waals surface area contributed by atoms with E-state index in [9.17, 15) is 5.11 Å². The molecule has 2 aromatic rings. The van der Waals surface area contributed by atoms with Gasteiger partial charge in [0.25, 0.3) is 0 Å². The molecule has 20 heavy (non-hydrogen) atoms. The van der Waals surface area contributed by atoms with Crippen LogP contribution in [-0.4, -0.2) is 12.2 Å². The molecule has 0 amide bonds. The van der Waals surface area contributed by atoms with Gasteiger partial charge in [-0.05, 0) is 43.2 Å². The van der Waals surface area contributed by atoms with Crippen LogP contribution in [0.3, 0.4) is 0 Å². The normalized spacial score (nSPS) is 12.2. The summed E-state index contributed by atoms with van der Waals surface area (Å²) >= 11 is 6.22. The number of aliphatic hydroxyl groups excluding tert-OH is 1. The largest absolute Gasteiger partial charge is 0.496 e. The standard InChI is InChI=1S/C17H19ClO2/c1-11-5-7-17(20-3)14(8-11)16(19)10-13-6-4-12(2)9-15(13)18/h4-9,16,19H,10H2,1-3H3. The zero-order valence-electron chi connectivity index (χ0n) is 12.0. The van der Waals surface area contributed by atoms with E-state index in [-0.39, 0.29) is 0 Å². The van der Waals surface area contributed by atoms with Crippen LogP contribution < -0.4 is 4.74 Å². The van der Waals surface area contributed by atoms with E-state index in [0.29, 0.717) is 17.2 Å². The zero-order chi connectivity index (χ0) is 14.7. The van der Waals surface area contributed by atoms with Gasteiger partial charge in [0.1, 0.15) is 5.75 Å². The first-order valence-electron chi connectivity index (χ1n) is 6.59. The van der Waals surface area contributed by atoms with Gasteiger partial charge in [0.15, 0.2) is 0 Å². The van der Waals surface area contributed by atoms with Gasteiger partial charge in [-0.25, -0.2) is 0 Å². The van der Waals surface area contributed by atoms with Gasteiger partial charge in [-0.3, -0.25) is 0 Å². The summed E-state index contributed by atoms with van der Waals surface area (Å²) < 4.78 is 5.32. The summed E-state index contributed by atoms with van der Waals surface area (Å²) in [5.41, 5.74) is 3.94. The van der Waals surface area contributed by atoms with Crippen LogP contribution >= 0.6 is 11.6 Å². The van der Waals surface area contributed by atoms with Crippen LogP contribution in [-0.2, 0) is 6.42 Å². The number of halogens is 1. The Labute approximate surface area is 125 Å². The minimum atomic E-state index is -0.634. The van der Waals surface area contributed by atoms with Gasteiger partial charge in [0.2, 0.25) is 0 Å². The number of methoxy groups -OCH3 is 1. The lowest BCUT2D eigenvalue weighted by atomic mass is 9.98. The second-order valence-corrected chi connectivity index (χ2v) is 5.47. The van der Waals surface area contributed by atoms with Crippen molar-refractivity contribution < 1.29 is 9.84 Å². The molecule has 106 valence electrons. The van der Waals surface area contributed by atoms with Crippen LogP contribution in [0, 0.1) is 13.8 Å². The van der Waals surface area contributed by atoms with Crippen LogP contribution in [0.25, 0.3) is 0 Å². The zero-order valence-corrected chi connectivity index (χ0v) is 12.7. The number of rotatable bonds is 4. The molecule has 0 aliphatic rings. The molecule has 0 aliphatic carbocycles. The molecule has 0 aromatic heterocycles. The van der Waals surface area contributed by atoms with E-state index in [4.69, 9.17) is 16.3 Å². The minimum Gasteiger partial charge on any atom is -0.496 e. The van der Waals surface area contributed by atoms with Crippen LogP contribution in [0.2, 0.25) is 5.02 Å². The molecule has 0 spiro atoms. The van der Waals surface area contributed by atoms with Gasteiger partial charge < -0.3 is 9.84 Å². The second-order valence-electron chi connectivity index (χ2n) is 5.06. The molecule has 0 bridgehead atoms. The molecule has 1 atom stereocenters. The van der Waals surface area contributed by atoms with Gasteiger partial charge in [-0.15, -0.1) is 0 Å². The Kier molecular flexibility index (Phi) is 4.69. The predicted octanol–water partition coefficient (Wildman–Crippen LogP) is 4.24. The first kappa shape index (κ1) is 14.9. The Morgan fingerprint density at radius 3 is 2.40 bits per heavy atom. The average molecular weight is 291 g/mol. The van der Waals surface area contributed by atoms with Crippen molar-refractivity contribution in [2.45, 2.75) is 26.4 Å². The van der Waals surface area contributed by atoms with E-state index in [0.717, 1.165) is 22.3 Å². The molecular weight excluding hydrogens is 272 g/mol. The Balaban J connectivity index is 2.27. The van der Waals surface area contributed by atoms with Crippen molar-refractivity contribution in [3.63, 3.8) is 0 Å². The molecule has 0 radical (unpaired) electrons. The lowest BCUT2D eigenvalue weighted by Crippen LogP contribution is -2.05. The molecule has 2 aromatic carbocycles. The maximum absolute atomic E-state index is 10.5. The van der Waals surface area contributed by atoms with E-state index in [2.05, 4.69) is 0 Å². The maximum atomic E-state index is 10.5. The first-order chi connectivity index (χ1) is 9.51. The molecule has 3 heteroatoms. The Bertz CT molecular complexity index is 608. The van der Waals surface area contributed by atoms with Crippen LogP contribution in [0.4, 0.5) is 0 Å². The third-order valence-corrected chi connectivity index (χ3v) is 3.72. The summed E-state index contributed by atoms with van der Waals surface area (Å²) in [4.78, 5) is 0. The van der Waals surface area contributed by atoms with Gasteiger partial charge in [0, 0.05) is 17.0 Å². The van der Waals surface area contributed by atoms with E-state index in [1.165, 1.54) is 0 Å². The fraction of sp³-hybridized carbons (Fsp3) is 0.294. The average Bonchev–Trinajstić information content (AvgIpc) is 2.41. The first-order valence-corrected chi connectivity index (χ1v) is 6.96. The highest BCUT2D eigenvalue weighted by molar-refractivity contribution is 6.31. The second kappa shape index (κ2) is 6.29. The van der Waals surface area contributed by atoms with E-state index in [1.807, 2.05) is 50.2 Å². The minimum absolute atomic E-state index is 0.471. The third kappa shape index (κ3) is 3.33. The molecule has 1 N–H and O–H groups in total. The van der Waals surface area contributed by atoms with Crippen molar-refractivity contribution >= 4 is 11.6 Å². The summed E-state index contributed by atoms with van der Waals surface area (Å²) in [6, 6.07) is 11.7. The highest BCUT2D eigenvalue weighted by Crippen LogP contribution is 2.30. The Hall–Kier alpha value is -1.51. The quantitative estimate of drug-likeness (QED) is 0.912. The lowest BCUT2D eigenvalue weighted by molar-refractivity contribution is 0.174. The Morgan fingerprint density at radius 1 is 1.10 bits per heavy atom. The van der Waals surface area contributed by atoms with Crippen molar-refractivity contribution in [3.05, 3.63) is 63.7 Å². The molecule has 0 saturated heterocycles. The summed E-state index contributed by atoms with van der Waals surface area (Å²) in [5.74, 6) is 0.700. The number of aryl methyl sites for hydroxylation is 2. The van der Waals surface area contributed by atoms with Crippen molar-refractivity contribution in [3.8, 4) is 5.75 Å². The van der Waals surface area contributed by atoms with Crippen molar-refractivity contribution in [2.75, 3.05) is 7.11 Å². The Morgan fingerprint density at radius 2 is 1.75 bits per heavy atom. The molecule has 0 aliphatic heterocycles. The number of hydrogen-bond acceptors (Lipinski definition) is 2. The summed E-state index contributed by atoms with van der Waals surface area (Å²) in [6.45, 7) is 3.99. The topological polar surface area (TPSA) is 29.5 Å². The monoisotopic (exact) mass is 290 g/mol. The molecule has 0 fully saturated rings. The number of aliphatic hydroxyl groups is 1. The summed E-state index contributed by atoms with van der Waals surface area (Å²) in [7, 11) is 1.61. The summed E-state index contributed by atoms with van der Waals surface area (Å²) in [6.07, 6.45) is -0.163.